The molecule has 0 saturated heterocycles. The quantitative estimate of drug-likeness (QED) is 0.501. The maximum atomic E-state index is 5.87. The van der Waals surface area contributed by atoms with Crippen LogP contribution in [0.25, 0.3) is 0 Å². The smallest absolute Gasteiger partial charge is 0.0406 e. The van der Waals surface area contributed by atoms with E-state index in [2.05, 4.69) is 34.3 Å². The standard InChI is InChI=1S/C13H18BrClS/c1-16-8-2-3-12(10-14)9-11-4-6-13(15)7-5-11/h4-7,12H,2-3,8-10H2,1H3. The number of benzene rings is 1. The highest BCUT2D eigenvalue weighted by Gasteiger charge is 2.07. The molecule has 0 spiro atoms. The van der Waals surface area contributed by atoms with Crippen molar-refractivity contribution in [1.82, 2.24) is 0 Å². The zero-order valence-electron chi connectivity index (χ0n) is 9.59. The first kappa shape index (κ1) is 14.4. The van der Waals surface area contributed by atoms with Gasteiger partial charge in [0.2, 0.25) is 0 Å². The molecule has 1 atom stereocenters. The Morgan fingerprint density at radius 1 is 1.31 bits per heavy atom. The lowest BCUT2D eigenvalue weighted by atomic mass is 9.97. The fraction of sp³-hybridized carbons (Fsp3) is 0.538. The van der Waals surface area contributed by atoms with Crippen LogP contribution in [-0.2, 0) is 6.42 Å². The molecule has 0 bridgehead atoms. The second kappa shape index (κ2) is 8.43. The van der Waals surface area contributed by atoms with Crippen LogP contribution >= 0.6 is 39.3 Å². The van der Waals surface area contributed by atoms with Crippen molar-refractivity contribution in [3.05, 3.63) is 34.9 Å². The molecule has 16 heavy (non-hydrogen) atoms. The third-order valence-corrected chi connectivity index (χ3v) is 4.48. The molecule has 3 heteroatoms. The highest BCUT2D eigenvalue weighted by atomic mass is 79.9. The van der Waals surface area contributed by atoms with Crippen molar-refractivity contribution < 1.29 is 0 Å². The van der Waals surface area contributed by atoms with E-state index in [0.717, 1.165) is 22.7 Å². The van der Waals surface area contributed by atoms with Crippen LogP contribution in [0.4, 0.5) is 0 Å². The molecule has 0 aliphatic carbocycles. The number of rotatable bonds is 7. The Bertz CT molecular complexity index is 286. The van der Waals surface area contributed by atoms with Crippen LogP contribution in [0.15, 0.2) is 24.3 Å². The molecule has 0 aromatic heterocycles. The van der Waals surface area contributed by atoms with Crippen LogP contribution in [0.5, 0.6) is 0 Å². The third kappa shape index (κ3) is 5.60. The second-order valence-corrected chi connectivity index (χ2v) is 6.06. The predicted molar refractivity (Wildman–Crippen MR) is 80.1 cm³/mol. The molecular weight excluding hydrogens is 304 g/mol. The molecule has 0 N–H and O–H groups in total. The third-order valence-electron chi connectivity index (χ3n) is 2.62. The monoisotopic (exact) mass is 320 g/mol. The van der Waals surface area contributed by atoms with Gasteiger partial charge in [-0.05, 0) is 54.9 Å². The number of hydrogen-bond acceptors (Lipinski definition) is 1. The minimum atomic E-state index is 0.744. The number of hydrogen-bond donors (Lipinski definition) is 0. The molecule has 1 aromatic rings. The van der Waals surface area contributed by atoms with Crippen LogP contribution < -0.4 is 0 Å². The summed E-state index contributed by atoms with van der Waals surface area (Å²) in [6, 6.07) is 8.22. The maximum absolute atomic E-state index is 5.87. The molecular formula is C13H18BrClS. The lowest BCUT2D eigenvalue weighted by Crippen LogP contribution is -2.06. The molecule has 90 valence electrons. The zero-order chi connectivity index (χ0) is 11.8. The first-order chi connectivity index (χ1) is 7.76. The first-order valence-corrected chi connectivity index (χ1v) is 8.45. The van der Waals surface area contributed by atoms with Gasteiger partial charge < -0.3 is 0 Å². The van der Waals surface area contributed by atoms with Gasteiger partial charge in [0.1, 0.15) is 0 Å². The average molecular weight is 322 g/mol. The molecule has 1 aromatic carbocycles. The van der Waals surface area contributed by atoms with Crippen molar-refractivity contribution in [2.45, 2.75) is 19.3 Å². The summed E-state index contributed by atoms with van der Waals surface area (Å²) in [4.78, 5) is 0. The Hall–Kier alpha value is 0.340. The van der Waals surface area contributed by atoms with Crippen LogP contribution in [0.2, 0.25) is 5.02 Å². The van der Waals surface area contributed by atoms with Gasteiger partial charge in [0.25, 0.3) is 0 Å². The largest absolute Gasteiger partial charge is 0.165 e. The maximum Gasteiger partial charge on any atom is 0.0406 e. The minimum Gasteiger partial charge on any atom is -0.165 e. The van der Waals surface area contributed by atoms with Crippen LogP contribution in [0.1, 0.15) is 18.4 Å². The summed E-state index contributed by atoms with van der Waals surface area (Å²) in [7, 11) is 0. The van der Waals surface area contributed by atoms with Crippen molar-refractivity contribution in [2.75, 3.05) is 17.3 Å². The highest BCUT2D eigenvalue weighted by molar-refractivity contribution is 9.09. The van der Waals surface area contributed by atoms with Gasteiger partial charge in [-0.25, -0.2) is 0 Å². The van der Waals surface area contributed by atoms with Gasteiger partial charge in [-0.2, -0.15) is 11.8 Å². The van der Waals surface area contributed by atoms with Crippen molar-refractivity contribution in [1.29, 1.82) is 0 Å². The van der Waals surface area contributed by atoms with Gasteiger partial charge >= 0.3 is 0 Å². The van der Waals surface area contributed by atoms with E-state index in [1.54, 1.807) is 0 Å². The molecule has 0 aliphatic heterocycles. The minimum absolute atomic E-state index is 0.744. The Kier molecular flexibility index (Phi) is 7.59. The summed E-state index contributed by atoms with van der Waals surface area (Å²) < 4.78 is 0. The number of thioether (sulfide) groups is 1. The Morgan fingerprint density at radius 3 is 2.56 bits per heavy atom. The summed E-state index contributed by atoms with van der Waals surface area (Å²) in [6.45, 7) is 0. The van der Waals surface area contributed by atoms with Crippen molar-refractivity contribution in [3.8, 4) is 0 Å². The van der Waals surface area contributed by atoms with E-state index in [1.165, 1.54) is 24.2 Å². The van der Waals surface area contributed by atoms with Crippen LogP contribution in [-0.4, -0.2) is 17.3 Å². The fourth-order valence-electron chi connectivity index (χ4n) is 1.70. The fourth-order valence-corrected chi connectivity index (χ4v) is 2.84. The highest BCUT2D eigenvalue weighted by Crippen LogP contribution is 2.19. The SMILES string of the molecule is CSCCCC(CBr)Cc1ccc(Cl)cc1. The van der Waals surface area contributed by atoms with Crippen molar-refractivity contribution in [3.63, 3.8) is 0 Å². The zero-order valence-corrected chi connectivity index (χ0v) is 12.7. The molecule has 0 heterocycles. The lowest BCUT2D eigenvalue weighted by molar-refractivity contribution is 0.537. The summed E-state index contributed by atoms with van der Waals surface area (Å²) in [5.74, 6) is 2.01. The molecule has 1 unspecified atom stereocenters. The van der Waals surface area contributed by atoms with E-state index in [4.69, 9.17) is 11.6 Å². The molecule has 0 nitrogen and oxygen atoms in total. The van der Waals surface area contributed by atoms with Crippen LogP contribution in [0.3, 0.4) is 0 Å². The average Bonchev–Trinajstić information content (AvgIpc) is 2.31. The van der Waals surface area contributed by atoms with Crippen LogP contribution in [0, 0.1) is 5.92 Å². The van der Waals surface area contributed by atoms with E-state index in [-0.39, 0.29) is 0 Å². The van der Waals surface area contributed by atoms with Gasteiger partial charge in [0.15, 0.2) is 0 Å². The van der Waals surface area contributed by atoms with Gasteiger partial charge in [-0.3, -0.25) is 0 Å². The molecule has 0 amide bonds. The summed E-state index contributed by atoms with van der Waals surface area (Å²) in [6.07, 6.45) is 5.93. The van der Waals surface area contributed by atoms with Gasteiger partial charge in [0, 0.05) is 10.4 Å². The molecule has 0 radical (unpaired) electrons. The number of halogens is 2. The molecule has 0 aliphatic rings. The topological polar surface area (TPSA) is 0 Å². The Balaban J connectivity index is 2.40. The summed E-state index contributed by atoms with van der Waals surface area (Å²) in [5.41, 5.74) is 1.39. The van der Waals surface area contributed by atoms with E-state index in [9.17, 15) is 0 Å². The van der Waals surface area contributed by atoms with Crippen molar-refractivity contribution in [2.24, 2.45) is 5.92 Å². The van der Waals surface area contributed by atoms with E-state index in [1.807, 2.05) is 23.9 Å². The van der Waals surface area contributed by atoms with E-state index in [0.29, 0.717) is 0 Å². The second-order valence-electron chi connectivity index (χ2n) is 3.99. The van der Waals surface area contributed by atoms with Gasteiger partial charge in [-0.1, -0.05) is 39.7 Å². The Labute approximate surface area is 116 Å². The van der Waals surface area contributed by atoms with Gasteiger partial charge in [0.05, 0.1) is 0 Å². The van der Waals surface area contributed by atoms with Crippen molar-refractivity contribution >= 4 is 39.3 Å². The summed E-state index contributed by atoms with van der Waals surface area (Å²) in [5, 5.41) is 1.91. The predicted octanol–water partition coefficient (Wildman–Crippen LogP) is 5.04. The molecule has 0 fully saturated rings. The van der Waals surface area contributed by atoms with E-state index < -0.39 is 0 Å². The number of alkyl halides is 1. The van der Waals surface area contributed by atoms with Gasteiger partial charge in [-0.15, -0.1) is 0 Å². The van der Waals surface area contributed by atoms with E-state index >= 15 is 0 Å². The first-order valence-electron chi connectivity index (χ1n) is 5.55. The Morgan fingerprint density at radius 2 is 2.00 bits per heavy atom. The normalized spacial score (nSPS) is 12.7. The molecule has 1 rings (SSSR count). The summed E-state index contributed by atoms with van der Waals surface area (Å²) >= 11 is 11.4. The molecule has 0 saturated carbocycles. The lowest BCUT2D eigenvalue weighted by Gasteiger charge is -2.13.